The highest BCUT2D eigenvalue weighted by Gasteiger charge is 2.14. The Morgan fingerprint density at radius 3 is 2.82 bits per heavy atom. The van der Waals surface area contributed by atoms with Crippen molar-refractivity contribution in [2.45, 2.75) is 0 Å². The molecule has 0 saturated carbocycles. The number of anilines is 1. The number of carbonyl (C=O) groups excluding carboxylic acids is 1. The zero-order valence-corrected chi connectivity index (χ0v) is 12.5. The zero-order chi connectivity index (χ0) is 15.5. The molecule has 3 aromatic rings. The van der Waals surface area contributed by atoms with Gasteiger partial charge in [0, 0.05) is 17.6 Å². The molecule has 5 nitrogen and oxygen atoms in total. The lowest BCUT2D eigenvalue weighted by molar-refractivity contribution is 0.102. The minimum Gasteiger partial charge on any atom is -0.497 e. The van der Waals surface area contributed by atoms with E-state index in [9.17, 15) is 4.79 Å². The molecule has 1 amide bonds. The number of fused-ring (bicyclic) bond motifs is 1. The van der Waals surface area contributed by atoms with Crippen molar-refractivity contribution in [2.24, 2.45) is 0 Å². The molecule has 0 aliphatic rings. The molecule has 0 aliphatic carbocycles. The molecule has 0 aliphatic heterocycles. The predicted octanol–water partition coefficient (Wildman–Crippen LogP) is 3.54. The van der Waals surface area contributed by atoms with Gasteiger partial charge >= 0.3 is 0 Å². The van der Waals surface area contributed by atoms with Crippen molar-refractivity contribution in [3.63, 3.8) is 0 Å². The summed E-state index contributed by atoms with van der Waals surface area (Å²) < 4.78 is 5.15. The molecule has 1 aromatic carbocycles. The van der Waals surface area contributed by atoms with Gasteiger partial charge in [-0.3, -0.25) is 4.79 Å². The van der Waals surface area contributed by atoms with Crippen LogP contribution in [0.4, 0.5) is 5.82 Å². The highest BCUT2D eigenvalue weighted by molar-refractivity contribution is 6.33. The molecule has 0 radical (unpaired) electrons. The van der Waals surface area contributed by atoms with Crippen LogP contribution < -0.4 is 10.1 Å². The molecular weight excluding hydrogens is 302 g/mol. The number of rotatable bonds is 3. The van der Waals surface area contributed by atoms with Gasteiger partial charge in [0.05, 0.1) is 18.2 Å². The molecule has 3 rings (SSSR count). The van der Waals surface area contributed by atoms with E-state index in [1.54, 1.807) is 49.7 Å². The molecule has 0 bridgehead atoms. The fourth-order valence-electron chi connectivity index (χ4n) is 2.03. The van der Waals surface area contributed by atoms with Crippen LogP contribution in [-0.2, 0) is 0 Å². The third-order valence-electron chi connectivity index (χ3n) is 3.13. The first-order chi connectivity index (χ1) is 10.7. The second kappa shape index (κ2) is 5.99. The standard InChI is InChI=1S/C16H12ClN3O2/c1-22-11-6-5-10-8-12(15(17)19-13(10)9-11)16(21)20-14-4-2-3-7-18-14/h2-9H,1H3,(H,18,20,21). The lowest BCUT2D eigenvalue weighted by Crippen LogP contribution is -2.14. The Kier molecular flexibility index (Phi) is 3.89. The maximum absolute atomic E-state index is 12.3. The average molecular weight is 314 g/mol. The number of amides is 1. The summed E-state index contributed by atoms with van der Waals surface area (Å²) >= 11 is 6.13. The monoisotopic (exact) mass is 313 g/mol. The van der Waals surface area contributed by atoms with Gasteiger partial charge in [0.25, 0.3) is 5.91 Å². The number of halogens is 1. The first-order valence-corrected chi connectivity index (χ1v) is 6.92. The maximum atomic E-state index is 12.3. The number of ether oxygens (including phenoxy) is 1. The van der Waals surface area contributed by atoms with Crippen LogP contribution >= 0.6 is 11.6 Å². The average Bonchev–Trinajstić information content (AvgIpc) is 2.54. The van der Waals surface area contributed by atoms with E-state index in [0.717, 1.165) is 5.39 Å². The number of hydrogen-bond acceptors (Lipinski definition) is 4. The Morgan fingerprint density at radius 2 is 2.09 bits per heavy atom. The summed E-state index contributed by atoms with van der Waals surface area (Å²) in [7, 11) is 1.58. The summed E-state index contributed by atoms with van der Waals surface area (Å²) in [5.74, 6) is 0.786. The van der Waals surface area contributed by atoms with Crippen molar-refractivity contribution in [3.8, 4) is 5.75 Å². The summed E-state index contributed by atoms with van der Waals surface area (Å²) in [6.45, 7) is 0. The van der Waals surface area contributed by atoms with Crippen molar-refractivity contribution in [3.05, 3.63) is 59.4 Å². The molecule has 0 unspecified atom stereocenters. The quantitative estimate of drug-likeness (QED) is 0.751. The normalized spacial score (nSPS) is 10.5. The number of benzene rings is 1. The van der Waals surface area contributed by atoms with E-state index < -0.39 is 0 Å². The van der Waals surface area contributed by atoms with Crippen LogP contribution in [0.5, 0.6) is 5.75 Å². The zero-order valence-electron chi connectivity index (χ0n) is 11.7. The van der Waals surface area contributed by atoms with E-state index in [-0.39, 0.29) is 11.1 Å². The van der Waals surface area contributed by atoms with E-state index in [2.05, 4.69) is 15.3 Å². The number of aromatic nitrogens is 2. The summed E-state index contributed by atoms with van der Waals surface area (Å²) in [5.41, 5.74) is 0.962. The van der Waals surface area contributed by atoms with Gasteiger partial charge in [-0.15, -0.1) is 0 Å². The van der Waals surface area contributed by atoms with Crippen LogP contribution in [0.15, 0.2) is 48.7 Å². The summed E-state index contributed by atoms with van der Waals surface area (Å²) in [4.78, 5) is 20.6. The van der Waals surface area contributed by atoms with E-state index in [1.807, 2.05) is 6.07 Å². The Bertz CT molecular complexity index is 837. The highest BCUT2D eigenvalue weighted by Crippen LogP contribution is 2.24. The molecule has 2 heterocycles. The van der Waals surface area contributed by atoms with Gasteiger partial charge in [0.1, 0.15) is 16.7 Å². The lowest BCUT2D eigenvalue weighted by atomic mass is 10.1. The number of carbonyl (C=O) groups is 1. The summed E-state index contributed by atoms with van der Waals surface area (Å²) in [6, 6.07) is 12.4. The highest BCUT2D eigenvalue weighted by atomic mass is 35.5. The number of nitrogens with one attached hydrogen (secondary N) is 1. The minimum absolute atomic E-state index is 0.134. The molecule has 0 saturated heterocycles. The van der Waals surface area contributed by atoms with E-state index in [0.29, 0.717) is 22.6 Å². The molecule has 0 spiro atoms. The van der Waals surface area contributed by atoms with Gasteiger partial charge in [-0.2, -0.15) is 0 Å². The van der Waals surface area contributed by atoms with E-state index >= 15 is 0 Å². The second-order valence-corrected chi connectivity index (χ2v) is 4.91. The third-order valence-corrected chi connectivity index (χ3v) is 3.42. The molecule has 0 fully saturated rings. The fraction of sp³-hybridized carbons (Fsp3) is 0.0625. The van der Waals surface area contributed by atoms with Gasteiger partial charge in [0.15, 0.2) is 0 Å². The molecular formula is C16H12ClN3O2. The molecule has 22 heavy (non-hydrogen) atoms. The summed E-state index contributed by atoms with van der Waals surface area (Å²) in [5, 5.41) is 3.62. The first kappa shape index (κ1) is 14.3. The molecule has 2 aromatic heterocycles. The second-order valence-electron chi connectivity index (χ2n) is 4.55. The van der Waals surface area contributed by atoms with Gasteiger partial charge in [-0.1, -0.05) is 17.7 Å². The van der Waals surface area contributed by atoms with Crippen molar-refractivity contribution in [1.82, 2.24) is 9.97 Å². The van der Waals surface area contributed by atoms with Crippen molar-refractivity contribution in [2.75, 3.05) is 12.4 Å². The number of nitrogens with zero attached hydrogens (tertiary/aromatic N) is 2. The molecule has 1 N–H and O–H groups in total. The Morgan fingerprint density at radius 1 is 1.23 bits per heavy atom. The van der Waals surface area contributed by atoms with Crippen LogP contribution in [-0.4, -0.2) is 23.0 Å². The maximum Gasteiger partial charge on any atom is 0.259 e. The predicted molar refractivity (Wildman–Crippen MR) is 85.5 cm³/mol. The number of methoxy groups -OCH3 is 1. The van der Waals surface area contributed by atoms with E-state index in [4.69, 9.17) is 16.3 Å². The van der Waals surface area contributed by atoms with E-state index in [1.165, 1.54) is 0 Å². The van der Waals surface area contributed by atoms with Gasteiger partial charge in [-0.05, 0) is 30.3 Å². The lowest BCUT2D eigenvalue weighted by Gasteiger charge is -2.08. The fourth-order valence-corrected chi connectivity index (χ4v) is 2.26. The molecule has 0 atom stereocenters. The van der Waals surface area contributed by atoms with Gasteiger partial charge in [-0.25, -0.2) is 9.97 Å². The summed E-state index contributed by atoms with van der Waals surface area (Å²) in [6.07, 6.45) is 1.60. The van der Waals surface area contributed by atoms with Crippen LogP contribution in [0.3, 0.4) is 0 Å². The SMILES string of the molecule is COc1ccc2cc(C(=O)Nc3ccccn3)c(Cl)nc2c1. The first-order valence-electron chi connectivity index (χ1n) is 6.54. The Hall–Kier alpha value is -2.66. The van der Waals surface area contributed by atoms with Gasteiger partial charge in [0.2, 0.25) is 0 Å². The molecule has 110 valence electrons. The largest absolute Gasteiger partial charge is 0.497 e. The van der Waals surface area contributed by atoms with Crippen LogP contribution in [0.1, 0.15) is 10.4 Å². The Labute approximate surface area is 131 Å². The Balaban J connectivity index is 1.96. The molecule has 6 heteroatoms. The van der Waals surface area contributed by atoms with Gasteiger partial charge < -0.3 is 10.1 Å². The smallest absolute Gasteiger partial charge is 0.259 e. The van der Waals surface area contributed by atoms with Crippen molar-refractivity contribution >= 4 is 34.2 Å². The van der Waals surface area contributed by atoms with Crippen LogP contribution in [0.25, 0.3) is 10.9 Å². The number of pyridine rings is 2. The topological polar surface area (TPSA) is 64.1 Å². The minimum atomic E-state index is -0.353. The van der Waals surface area contributed by atoms with Crippen LogP contribution in [0.2, 0.25) is 5.15 Å². The van der Waals surface area contributed by atoms with Crippen LogP contribution in [0, 0.1) is 0 Å². The van der Waals surface area contributed by atoms with Crippen molar-refractivity contribution in [1.29, 1.82) is 0 Å². The number of hydrogen-bond donors (Lipinski definition) is 1. The third kappa shape index (κ3) is 2.84. The van der Waals surface area contributed by atoms with Crippen molar-refractivity contribution < 1.29 is 9.53 Å².